The van der Waals surface area contributed by atoms with Crippen LogP contribution in [0.5, 0.6) is 11.5 Å². The molecule has 0 unspecified atom stereocenters. The summed E-state index contributed by atoms with van der Waals surface area (Å²) >= 11 is 0. The summed E-state index contributed by atoms with van der Waals surface area (Å²) in [7, 11) is 1.63. The molecule has 0 radical (unpaired) electrons. The molecule has 3 rings (SSSR count). The Labute approximate surface area is 158 Å². The van der Waals surface area contributed by atoms with Gasteiger partial charge >= 0.3 is 11.8 Å². The van der Waals surface area contributed by atoms with Crippen molar-refractivity contribution in [2.45, 2.75) is 6.92 Å². The second-order valence-electron chi connectivity index (χ2n) is 6.40. The lowest BCUT2D eigenvalue weighted by Crippen LogP contribution is -2.51. The minimum atomic E-state index is -0.672. The maximum Gasteiger partial charge on any atom is 0.313 e. The zero-order valence-corrected chi connectivity index (χ0v) is 15.4. The Balaban J connectivity index is 1.60. The lowest BCUT2D eigenvalue weighted by Gasteiger charge is -2.36. The molecule has 0 aliphatic carbocycles. The van der Waals surface area contributed by atoms with Crippen LogP contribution in [-0.4, -0.2) is 55.1 Å². The number of ether oxygens (including phenoxy) is 1. The Morgan fingerprint density at radius 1 is 1.07 bits per heavy atom. The number of carbonyl (C=O) groups is 2. The summed E-state index contributed by atoms with van der Waals surface area (Å²) in [5.41, 5.74) is 2.19. The molecule has 7 heteroatoms. The first-order chi connectivity index (χ1) is 13.0. The molecule has 0 spiro atoms. The molecule has 2 amide bonds. The van der Waals surface area contributed by atoms with E-state index in [0.29, 0.717) is 37.4 Å². The highest BCUT2D eigenvalue weighted by Gasteiger charge is 2.27. The number of nitrogens with one attached hydrogen (secondary N) is 1. The quantitative estimate of drug-likeness (QED) is 0.639. The number of hydrogen-bond acceptors (Lipinski definition) is 5. The molecule has 7 nitrogen and oxygen atoms in total. The highest BCUT2D eigenvalue weighted by Crippen LogP contribution is 2.28. The maximum atomic E-state index is 12.5. The van der Waals surface area contributed by atoms with Crippen molar-refractivity contribution in [1.29, 1.82) is 0 Å². The van der Waals surface area contributed by atoms with Gasteiger partial charge in [-0.2, -0.15) is 0 Å². The number of piperazine rings is 1. The number of methoxy groups -OCH3 is 1. The highest BCUT2D eigenvalue weighted by atomic mass is 16.5. The number of anilines is 2. The molecule has 1 saturated heterocycles. The van der Waals surface area contributed by atoms with Crippen LogP contribution < -0.4 is 15.0 Å². The maximum absolute atomic E-state index is 12.5. The van der Waals surface area contributed by atoms with Crippen molar-refractivity contribution in [3.05, 3.63) is 48.0 Å². The second kappa shape index (κ2) is 7.99. The minimum absolute atomic E-state index is 0.115. The fourth-order valence-corrected chi connectivity index (χ4v) is 3.15. The number of carbonyl (C=O) groups excluding carboxylic acids is 2. The summed E-state index contributed by atoms with van der Waals surface area (Å²) in [5.74, 6) is -0.321. The lowest BCUT2D eigenvalue weighted by atomic mass is 10.2. The van der Waals surface area contributed by atoms with Crippen LogP contribution in [0.1, 0.15) is 5.56 Å². The smallest absolute Gasteiger partial charge is 0.313 e. The Kier molecular flexibility index (Phi) is 5.49. The predicted octanol–water partition coefficient (Wildman–Crippen LogP) is 2.00. The first-order valence-corrected chi connectivity index (χ1v) is 8.77. The Bertz CT molecular complexity index is 845. The monoisotopic (exact) mass is 369 g/mol. The van der Waals surface area contributed by atoms with Gasteiger partial charge < -0.3 is 25.0 Å². The van der Waals surface area contributed by atoms with Crippen LogP contribution in [-0.2, 0) is 9.59 Å². The molecule has 0 bridgehead atoms. The van der Waals surface area contributed by atoms with Crippen molar-refractivity contribution in [3.63, 3.8) is 0 Å². The van der Waals surface area contributed by atoms with E-state index in [1.165, 1.54) is 12.1 Å². The summed E-state index contributed by atoms with van der Waals surface area (Å²) in [4.78, 5) is 28.5. The highest BCUT2D eigenvalue weighted by molar-refractivity contribution is 6.39. The molecule has 0 atom stereocenters. The van der Waals surface area contributed by atoms with E-state index in [1.807, 2.05) is 24.3 Å². The third-order valence-corrected chi connectivity index (χ3v) is 4.65. The molecule has 1 aliphatic heterocycles. The van der Waals surface area contributed by atoms with Crippen molar-refractivity contribution in [2.24, 2.45) is 0 Å². The van der Waals surface area contributed by atoms with Gasteiger partial charge in [-0.25, -0.2) is 0 Å². The van der Waals surface area contributed by atoms with Crippen molar-refractivity contribution in [1.82, 2.24) is 4.90 Å². The van der Waals surface area contributed by atoms with Gasteiger partial charge in [-0.1, -0.05) is 12.1 Å². The van der Waals surface area contributed by atoms with Gasteiger partial charge in [-0.15, -0.1) is 0 Å². The summed E-state index contributed by atoms with van der Waals surface area (Å²) in [6.07, 6.45) is 0. The number of rotatable bonds is 3. The van der Waals surface area contributed by atoms with E-state index in [0.717, 1.165) is 11.4 Å². The van der Waals surface area contributed by atoms with E-state index < -0.39 is 11.8 Å². The van der Waals surface area contributed by atoms with Crippen LogP contribution in [0, 0.1) is 6.92 Å². The van der Waals surface area contributed by atoms with Crippen LogP contribution in [0.2, 0.25) is 0 Å². The van der Waals surface area contributed by atoms with E-state index in [1.54, 1.807) is 25.0 Å². The molecule has 2 aromatic carbocycles. The molecule has 142 valence electrons. The molecule has 1 fully saturated rings. The second-order valence-corrected chi connectivity index (χ2v) is 6.40. The number of nitrogens with zero attached hydrogens (tertiary/aromatic N) is 2. The molecule has 2 N–H and O–H groups in total. The molecule has 2 aromatic rings. The van der Waals surface area contributed by atoms with Crippen LogP contribution in [0.4, 0.5) is 11.4 Å². The van der Waals surface area contributed by atoms with Crippen LogP contribution >= 0.6 is 0 Å². The van der Waals surface area contributed by atoms with Crippen molar-refractivity contribution < 1.29 is 19.4 Å². The number of benzene rings is 2. The van der Waals surface area contributed by atoms with E-state index in [-0.39, 0.29) is 5.75 Å². The summed E-state index contributed by atoms with van der Waals surface area (Å²) in [6.45, 7) is 3.92. The normalized spacial score (nSPS) is 14.0. The topological polar surface area (TPSA) is 82.1 Å². The van der Waals surface area contributed by atoms with Gasteiger partial charge in [0.25, 0.3) is 0 Å². The number of hydrogen-bond donors (Lipinski definition) is 2. The third-order valence-electron chi connectivity index (χ3n) is 4.65. The number of phenolic OH excluding ortho intramolecular Hbond substituents is 1. The molecule has 1 heterocycles. The number of amides is 2. The summed E-state index contributed by atoms with van der Waals surface area (Å²) < 4.78 is 5.39. The number of para-hydroxylation sites is 2. The summed E-state index contributed by atoms with van der Waals surface area (Å²) in [6, 6.07) is 12.3. The Hall–Kier alpha value is -3.22. The largest absolute Gasteiger partial charge is 0.508 e. The van der Waals surface area contributed by atoms with Gasteiger partial charge in [0, 0.05) is 31.9 Å². The number of aromatic hydroxyl groups is 1. The van der Waals surface area contributed by atoms with Crippen molar-refractivity contribution >= 4 is 23.2 Å². The van der Waals surface area contributed by atoms with E-state index in [4.69, 9.17) is 4.74 Å². The van der Waals surface area contributed by atoms with Gasteiger partial charge in [-0.05, 0) is 42.8 Å². The van der Waals surface area contributed by atoms with Gasteiger partial charge in [0.1, 0.15) is 11.5 Å². The van der Waals surface area contributed by atoms with E-state index in [9.17, 15) is 14.7 Å². The average molecular weight is 369 g/mol. The van der Waals surface area contributed by atoms with Crippen LogP contribution in [0.15, 0.2) is 42.5 Å². The zero-order valence-electron chi connectivity index (χ0n) is 15.4. The fraction of sp³-hybridized carbons (Fsp3) is 0.300. The van der Waals surface area contributed by atoms with E-state index in [2.05, 4.69) is 10.2 Å². The van der Waals surface area contributed by atoms with Gasteiger partial charge in [0.2, 0.25) is 0 Å². The standard InChI is InChI=1S/C20H23N3O4/c1-14-13-15(24)7-8-16(14)21-19(25)20(26)23-11-9-22(10-12-23)17-5-3-4-6-18(17)27-2/h3-8,13,24H,9-12H2,1-2H3,(H,21,25). The van der Waals surface area contributed by atoms with Crippen molar-refractivity contribution in [2.75, 3.05) is 43.5 Å². The van der Waals surface area contributed by atoms with Gasteiger partial charge in [0.05, 0.1) is 12.8 Å². The van der Waals surface area contributed by atoms with E-state index >= 15 is 0 Å². The average Bonchev–Trinajstić information content (AvgIpc) is 2.69. The molecule has 27 heavy (non-hydrogen) atoms. The lowest BCUT2D eigenvalue weighted by molar-refractivity contribution is -0.143. The van der Waals surface area contributed by atoms with Gasteiger partial charge in [0.15, 0.2) is 0 Å². The van der Waals surface area contributed by atoms with Crippen LogP contribution in [0.25, 0.3) is 0 Å². The predicted molar refractivity (Wildman–Crippen MR) is 103 cm³/mol. The minimum Gasteiger partial charge on any atom is -0.508 e. The molecular weight excluding hydrogens is 346 g/mol. The summed E-state index contributed by atoms with van der Waals surface area (Å²) in [5, 5.41) is 12.1. The van der Waals surface area contributed by atoms with Gasteiger partial charge in [-0.3, -0.25) is 9.59 Å². The number of phenols is 1. The first kappa shape index (κ1) is 18.6. The Morgan fingerprint density at radius 3 is 2.44 bits per heavy atom. The fourth-order valence-electron chi connectivity index (χ4n) is 3.15. The number of aryl methyl sites for hydroxylation is 1. The van der Waals surface area contributed by atoms with Crippen LogP contribution in [0.3, 0.4) is 0 Å². The van der Waals surface area contributed by atoms with Crippen molar-refractivity contribution in [3.8, 4) is 11.5 Å². The molecule has 0 saturated carbocycles. The Morgan fingerprint density at radius 2 is 1.78 bits per heavy atom. The molecular formula is C20H23N3O4. The SMILES string of the molecule is COc1ccccc1N1CCN(C(=O)C(=O)Nc2ccc(O)cc2C)CC1. The molecule has 0 aromatic heterocycles. The molecule has 1 aliphatic rings. The third kappa shape index (κ3) is 4.13. The first-order valence-electron chi connectivity index (χ1n) is 8.77. The zero-order chi connectivity index (χ0) is 19.4.